The molecule has 2 aliphatic rings. The lowest BCUT2D eigenvalue weighted by Gasteiger charge is -2.25. The standard InChI is InChI=1S/C16H27N5O3S.ClH/c1-25(23,24)20-9-3-8-19(10-11-20)16(22)13-21-15(5-7-18-21)14-4-2-6-17-12-14;/h5,7,14,17H,2-4,6,8-13H2,1H3;1H. The third kappa shape index (κ3) is 5.18. The number of amides is 1. The van der Waals surface area contributed by atoms with Gasteiger partial charge in [-0.05, 0) is 31.9 Å². The Kier molecular flexibility index (Phi) is 7.45. The molecule has 8 nitrogen and oxygen atoms in total. The van der Waals surface area contributed by atoms with Gasteiger partial charge in [0.15, 0.2) is 0 Å². The van der Waals surface area contributed by atoms with Crippen LogP contribution in [0.2, 0.25) is 0 Å². The number of rotatable bonds is 4. The average Bonchev–Trinajstić information content (AvgIpc) is 2.88. The number of aromatic nitrogens is 2. The molecule has 0 radical (unpaired) electrons. The maximum Gasteiger partial charge on any atom is 0.244 e. The molecule has 3 rings (SSSR count). The quantitative estimate of drug-likeness (QED) is 0.776. The van der Waals surface area contributed by atoms with Crippen LogP contribution in [0, 0.1) is 0 Å². The molecule has 2 aliphatic heterocycles. The molecule has 26 heavy (non-hydrogen) atoms. The average molecular weight is 406 g/mol. The molecule has 1 aromatic heterocycles. The first kappa shape index (κ1) is 21.1. The number of hydrogen-bond acceptors (Lipinski definition) is 5. The van der Waals surface area contributed by atoms with Gasteiger partial charge in [-0.2, -0.15) is 5.10 Å². The largest absolute Gasteiger partial charge is 0.340 e. The van der Waals surface area contributed by atoms with Gasteiger partial charge in [-0.25, -0.2) is 12.7 Å². The summed E-state index contributed by atoms with van der Waals surface area (Å²) in [4.78, 5) is 14.5. The number of carbonyl (C=O) groups excluding carboxylic acids is 1. The van der Waals surface area contributed by atoms with Crippen molar-refractivity contribution in [3.63, 3.8) is 0 Å². The maximum absolute atomic E-state index is 12.7. The van der Waals surface area contributed by atoms with Crippen LogP contribution in [-0.2, 0) is 21.4 Å². The van der Waals surface area contributed by atoms with Gasteiger partial charge in [0.2, 0.25) is 15.9 Å². The second-order valence-corrected chi connectivity index (χ2v) is 8.84. The zero-order chi connectivity index (χ0) is 17.9. The molecule has 0 spiro atoms. The molecule has 0 bridgehead atoms. The first-order chi connectivity index (χ1) is 11.9. The summed E-state index contributed by atoms with van der Waals surface area (Å²) < 4.78 is 26.6. The van der Waals surface area contributed by atoms with Crippen LogP contribution in [0.5, 0.6) is 0 Å². The van der Waals surface area contributed by atoms with Crippen molar-refractivity contribution in [2.24, 2.45) is 0 Å². The number of hydrogen-bond donors (Lipinski definition) is 1. The fraction of sp³-hybridized carbons (Fsp3) is 0.750. The lowest BCUT2D eigenvalue weighted by atomic mass is 9.96. The number of sulfonamides is 1. The van der Waals surface area contributed by atoms with Crippen LogP contribution in [0.15, 0.2) is 12.3 Å². The number of piperidine rings is 1. The van der Waals surface area contributed by atoms with Gasteiger partial charge in [0.25, 0.3) is 0 Å². The Morgan fingerprint density at radius 3 is 2.77 bits per heavy atom. The van der Waals surface area contributed by atoms with Gasteiger partial charge in [-0.15, -0.1) is 12.4 Å². The van der Waals surface area contributed by atoms with E-state index in [0.29, 0.717) is 38.5 Å². The molecular weight excluding hydrogens is 378 g/mol. The molecule has 0 aliphatic carbocycles. The van der Waals surface area contributed by atoms with Gasteiger partial charge >= 0.3 is 0 Å². The van der Waals surface area contributed by atoms with Crippen LogP contribution in [0.25, 0.3) is 0 Å². The zero-order valence-corrected chi connectivity index (χ0v) is 16.8. The van der Waals surface area contributed by atoms with Crippen LogP contribution >= 0.6 is 12.4 Å². The second-order valence-electron chi connectivity index (χ2n) is 6.85. The van der Waals surface area contributed by atoms with Crippen molar-refractivity contribution in [3.8, 4) is 0 Å². The molecule has 1 N–H and O–H groups in total. The summed E-state index contributed by atoms with van der Waals surface area (Å²) in [6, 6.07) is 2.00. The van der Waals surface area contributed by atoms with Crippen LogP contribution in [0.4, 0.5) is 0 Å². The van der Waals surface area contributed by atoms with Gasteiger partial charge in [0.05, 0.1) is 6.26 Å². The number of carbonyl (C=O) groups is 1. The lowest BCUT2D eigenvalue weighted by Crippen LogP contribution is -2.39. The minimum atomic E-state index is -3.20. The van der Waals surface area contributed by atoms with E-state index in [1.807, 2.05) is 6.07 Å². The molecule has 2 fully saturated rings. The van der Waals surface area contributed by atoms with E-state index >= 15 is 0 Å². The highest BCUT2D eigenvalue weighted by atomic mass is 35.5. The Balaban J connectivity index is 0.00000243. The third-order valence-corrected chi connectivity index (χ3v) is 6.33. The summed E-state index contributed by atoms with van der Waals surface area (Å²) in [6.07, 6.45) is 5.89. The molecule has 1 atom stereocenters. The highest BCUT2D eigenvalue weighted by Gasteiger charge is 2.25. The highest BCUT2D eigenvalue weighted by molar-refractivity contribution is 7.88. The smallest absolute Gasteiger partial charge is 0.244 e. The molecule has 1 unspecified atom stereocenters. The Hall–Kier alpha value is -1.16. The van der Waals surface area contributed by atoms with Crippen LogP contribution in [0.3, 0.4) is 0 Å². The normalized spacial score (nSPS) is 22.5. The molecule has 0 saturated carbocycles. The van der Waals surface area contributed by atoms with Gasteiger partial charge in [0.1, 0.15) is 6.54 Å². The van der Waals surface area contributed by atoms with Crippen molar-refractivity contribution >= 4 is 28.3 Å². The molecule has 0 aromatic carbocycles. The van der Waals surface area contributed by atoms with E-state index < -0.39 is 10.0 Å². The fourth-order valence-electron chi connectivity index (χ4n) is 3.63. The van der Waals surface area contributed by atoms with Crippen molar-refractivity contribution in [1.29, 1.82) is 0 Å². The van der Waals surface area contributed by atoms with Crippen LogP contribution < -0.4 is 5.32 Å². The van der Waals surface area contributed by atoms with E-state index in [2.05, 4.69) is 10.4 Å². The Labute approximate surface area is 161 Å². The van der Waals surface area contributed by atoms with Crippen molar-refractivity contribution in [2.45, 2.75) is 31.7 Å². The van der Waals surface area contributed by atoms with E-state index in [9.17, 15) is 13.2 Å². The van der Waals surface area contributed by atoms with Gasteiger partial charge in [-0.1, -0.05) is 0 Å². The van der Waals surface area contributed by atoms with Crippen molar-refractivity contribution < 1.29 is 13.2 Å². The SMILES string of the molecule is CS(=O)(=O)N1CCCN(C(=O)Cn2nccc2C2CCCNC2)CC1.Cl. The summed E-state index contributed by atoms with van der Waals surface area (Å²) in [5.41, 5.74) is 1.10. The van der Waals surface area contributed by atoms with E-state index in [4.69, 9.17) is 0 Å². The van der Waals surface area contributed by atoms with Crippen LogP contribution in [-0.4, -0.2) is 78.8 Å². The third-order valence-electron chi connectivity index (χ3n) is 5.03. The number of halogens is 1. The van der Waals surface area contributed by atoms with E-state index in [1.54, 1.807) is 15.8 Å². The number of nitrogens with one attached hydrogen (secondary N) is 1. The number of nitrogens with zero attached hydrogens (tertiary/aromatic N) is 4. The van der Waals surface area contributed by atoms with E-state index in [-0.39, 0.29) is 24.9 Å². The van der Waals surface area contributed by atoms with Gasteiger partial charge < -0.3 is 10.2 Å². The fourth-order valence-corrected chi connectivity index (χ4v) is 4.50. The molecule has 1 amide bonds. The van der Waals surface area contributed by atoms with Crippen molar-refractivity contribution in [3.05, 3.63) is 18.0 Å². The van der Waals surface area contributed by atoms with E-state index in [1.165, 1.54) is 10.6 Å². The Morgan fingerprint density at radius 2 is 2.08 bits per heavy atom. The van der Waals surface area contributed by atoms with Gasteiger partial charge in [0, 0.05) is 50.5 Å². The Bertz CT molecular complexity index is 702. The first-order valence-electron chi connectivity index (χ1n) is 8.90. The summed E-state index contributed by atoms with van der Waals surface area (Å²) in [5, 5.41) is 7.73. The Morgan fingerprint density at radius 1 is 1.27 bits per heavy atom. The molecular formula is C16H28ClN5O3S. The first-order valence-corrected chi connectivity index (χ1v) is 10.8. The predicted octanol–water partition coefficient (Wildman–Crippen LogP) is 0.266. The van der Waals surface area contributed by atoms with Crippen molar-refractivity contribution in [1.82, 2.24) is 24.3 Å². The van der Waals surface area contributed by atoms with E-state index in [0.717, 1.165) is 31.6 Å². The topological polar surface area (TPSA) is 87.5 Å². The minimum absolute atomic E-state index is 0. The summed E-state index contributed by atoms with van der Waals surface area (Å²) in [5.74, 6) is 0.401. The second kappa shape index (κ2) is 9.16. The lowest BCUT2D eigenvalue weighted by molar-refractivity contribution is -0.131. The van der Waals surface area contributed by atoms with Crippen molar-refractivity contribution in [2.75, 3.05) is 45.5 Å². The molecule has 2 saturated heterocycles. The van der Waals surface area contributed by atoms with Gasteiger partial charge in [-0.3, -0.25) is 9.48 Å². The molecule has 1 aromatic rings. The monoisotopic (exact) mass is 405 g/mol. The maximum atomic E-state index is 12.7. The van der Waals surface area contributed by atoms with Crippen LogP contribution in [0.1, 0.15) is 30.9 Å². The molecule has 148 valence electrons. The highest BCUT2D eigenvalue weighted by Crippen LogP contribution is 2.23. The molecule has 3 heterocycles. The predicted molar refractivity (Wildman–Crippen MR) is 102 cm³/mol. The summed E-state index contributed by atoms with van der Waals surface area (Å²) in [7, 11) is -3.20. The summed E-state index contributed by atoms with van der Waals surface area (Å²) >= 11 is 0. The minimum Gasteiger partial charge on any atom is -0.340 e. The molecule has 10 heteroatoms. The zero-order valence-electron chi connectivity index (χ0n) is 15.1. The summed E-state index contributed by atoms with van der Waals surface area (Å²) in [6.45, 7) is 4.06.